The molecule has 0 radical (unpaired) electrons. The van der Waals surface area contributed by atoms with E-state index >= 15 is 0 Å². The highest BCUT2D eigenvalue weighted by Gasteiger charge is 1.99. The third kappa shape index (κ3) is 2.24. The molecule has 4 heteroatoms. The lowest BCUT2D eigenvalue weighted by atomic mass is 10.3. The molecule has 0 aromatic rings. The fourth-order valence-electron chi connectivity index (χ4n) is 0.151. The van der Waals surface area contributed by atoms with Gasteiger partial charge < -0.3 is 10.8 Å². The Morgan fingerprint density at radius 3 is 2.43 bits per heavy atom. The van der Waals surface area contributed by atoms with Gasteiger partial charge in [0.05, 0.1) is 6.61 Å². The molecule has 0 aromatic heterocycles. The van der Waals surface area contributed by atoms with Crippen LogP contribution in [0.2, 0.25) is 0 Å². The van der Waals surface area contributed by atoms with Crippen molar-refractivity contribution < 1.29 is 5.11 Å². The van der Waals surface area contributed by atoms with E-state index in [1.54, 1.807) is 0 Å². The second-order valence-electron chi connectivity index (χ2n) is 1.18. The molecule has 0 saturated carbocycles. The van der Waals surface area contributed by atoms with Gasteiger partial charge in [-0.05, 0) is 0 Å². The van der Waals surface area contributed by atoms with E-state index in [1.165, 1.54) is 0 Å². The Bertz CT molecular complexity index is 52.9. The van der Waals surface area contributed by atoms with Gasteiger partial charge in [0.15, 0.2) is 0 Å². The van der Waals surface area contributed by atoms with Crippen LogP contribution in [0.5, 0.6) is 0 Å². The minimum Gasteiger partial charge on any atom is -0.394 e. The molecule has 42 valence electrons. The van der Waals surface area contributed by atoms with Gasteiger partial charge in [-0.1, -0.05) is 5.18 Å². The second-order valence-corrected chi connectivity index (χ2v) is 1.18. The fraction of sp³-hybridized carbons (Fsp3) is 1.00. The highest BCUT2D eigenvalue weighted by molar-refractivity contribution is 4.62. The highest BCUT2D eigenvalue weighted by Crippen LogP contribution is 1.81. The van der Waals surface area contributed by atoms with Crippen LogP contribution in [0.15, 0.2) is 5.18 Å². The van der Waals surface area contributed by atoms with Gasteiger partial charge in [0.2, 0.25) is 0 Å². The maximum atomic E-state index is 9.48. The van der Waals surface area contributed by atoms with Gasteiger partial charge in [0.1, 0.15) is 6.04 Å². The van der Waals surface area contributed by atoms with Crippen molar-refractivity contribution in [1.29, 1.82) is 0 Å². The summed E-state index contributed by atoms with van der Waals surface area (Å²) in [5.41, 5.74) is 4.94. The zero-order valence-electron chi connectivity index (χ0n) is 3.87. The quantitative estimate of drug-likeness (QED) is 0.454. The lowest BCUT2D eigenvalue weighted by Crippen LogP contribution is -2.20. The Hall–Kier alpha value is -0.480. The SMILES string of the molecule is NC[C@H](CO)N=O. The highest BCUT2D eigenvalue weighted by atomic mass is 16.3. The Labute approximate surface area is 41.3 Å². The summed E-state index contributed by atoms with van der Waals surface area (Å²) in [5.74, 6) is 0. The molecule has 0 unspecified atom stereocenters. The van der Waals surface area contributed by atoms with E-state index in [2.05, 4.69) is 5.18 Å². The number of nitroso groups, excluding NO2 is 1. The summed E-state index contributed by atoms with van der Waals surface area (Å²) in [6, 6.07) is -0.611. The van der Waals surface area contributed by atoms with Crippen molar-refractivity contribution in [2.75, 3.05) is 13.2 Å². The molecule has 0 fully saturated rings. The van der Waals surface area contributed by atoms with Crippen LogP contribution in [0.25, 0.3) is 0 Å². The van der Waals surface area contributed by atoms with Crippen molar-refractivity contribution in [2.24, 2.45) is 10.9 Å². The number of nitrogens with two attached hydrogens (primary N) is 1. The lowest BCUT2D eigenvalue weighted by molar-refractivity contribution is 0.268. The van der Waals surface area contributed by atoms with E-state index in [9.17, 15) is 4.91 Å². The molecule has 0 aromatic carbocycles. The number of hydrogen-bond acceptors (Lipinski definition) is 4. The second kappa shape index (κ2) is 3.70. The molecule has 0 aliphatic heterocycles. The third-order valence-electron chi connectivity index (χ3n) is 0.632. The van der Waals surface area contributed by atoms with Gasteiger partial charge in [-0.25, -0.2) is 0 Å². The van der Waals surface area contributed by atoms with E-state index in [4.69, 9.17) is 10.8 Å². The normalized spacial score (nSPS) is 13.4. The van der Waals surface area contributed by atoms with E-state index in [0.717, 1.165) is 0 Å². The average molecular weight is 104 g/mol. The van der Waals surface area contributed by atoms with Crippen molar-refractivity contribution in [1.82, 2.24) is 0 Å². The first-order chi connectivity index (χ1) is 3.35. The van der Waals surface area contributed by atoms with Crippen LogP contribution in [0, 0.1) is 4.91 Å². The third-order valence-corrected chi connectivity index (χ3v) is 0.632. The summed E-state index contributed by atoms with van der Waals surface area (Å²) in [7, 11) is 0. The van der Waals surface area contributed by atoms with Gasteiger partial charge in [-0.3, -0.25) is 0 Å². The van der Waals surface area contributed by atoms with Gasteiger partial charge in [0.25, 0.3) is 0 Å². The summed E-state index contributed by atoms with van der Waals surface area (Å²) in [4.78, 5) is 9.48. The molecule has 0 aliphatic carbocycles. The van der Waals surface area contributed by atoms with Gasteiger partial charge in [-0.2, -0.15) is 4.91 Å². The van der Waals surface area contributed by atoms with Crippen LogP contribution < -0.4 is 5.73 Å². The maximum absolute atomic E-state index is 9.48. The number of nitrogens with zero attached hydrogens (tertiary/aromatic N) is 1. The number of rotatable bonds is 3. The predicted molar refractivity (Wildman–Crippen MR) is 25.7 cm³/mol. The predicted octanol–water partition coefficient (Wildman–Crippen LogP) is -0.928. The summed E-state index contributed by atoms with van der Waals surface area (Å²) in [6.07, 6.45) is 0. The van der Waals surface area contributed by atoms with Crippen LogP contribution in [0.3, 0.4) is 0 Å². The molecule has 0 amide bonds. The standard InChI is InChI=1S/C3H8N2O2/c4-1-3(2-6)5-7/h3,6H,1-2,4H2/t3-/m1/s1. The monoisotopic (exact) mass is 104 g/mol. The lowest BCUT2D eigenvalue weighted by Gasteiger charge is -1.95. The number of aliphatic hydroxyl groups is 1. The average Bonchev–Trinajstić information content (AvgIpc) is 1.72. The number of aliphatic hydroxyl groups excluding tert-OH is 1. The van der Waals surface area contributed by atoms with Crippen molar-refractivity contribution in [2.45, 2.75) is 6.04 Å². The van der Waals surface area contributed by atoms with Crippen molar-refractivity contribution >= 4 is 0 Å². The summed E-state index contributed by atoms with van der Waals surface area (Å²) in [6.45, 7) is -0.125. The minimum absolute atomic E-state index is 0.125. The first-order valence-electron chi connectivity index (χ1n) is 1.98. The van der Waals surface area contributed by atoms with Crippen LogP contribution >= 0.6 is 0 Å². The molecular formula is C3H8N2O2. The Morgan fingerprint density at radius 1 is 1.86 bits per heavy atom. The Balaban J connectivity index is 3.16. The Kier molecular flexibility index (Phi) is 3.45. The van der Waals surface area contributed by atoms with Crippen molar-refractivity contribution in [3.05, 3.63) is 4.91 Å². The van der Waals surface area contributed by atoms with Gasteiger partial charge >= 0.3 is 0 Å². The van der Waals surface area contributed by atoms with Crippen LogP contribution in [-0.4, -0.2) is 24.3 Å². The molecule has 3 N–H and O–H groups in total. The van der Waals surface area contributed by atoms with Crippen molar-refractivity contribution in [3.63, 3.8) is 0 Å². The first kappa shape index (κ1) is 6.52. The topological polar surface area (TPSA) is 75.7 Å². The molecule has 7 heavy (non-hydrogen) atoms. The van der Waals surface area contributed by atoms with Gasteiger partial charge in [-0.15, -0.1) is 0 Å². The van der Waals surface area contributed by atoms with Crippen molar-refractivity contribution in [3.8, 4) is 0 Å². The zero-order chi connectivity index (χ0) is 5.70. The molecule has 1 atom stereocenters. The molecular weight excluding hydrogens is 96.0 g/mol. The van der Waals surface area contributed by atoms with Crippen LogP contribution in [0.1, 0.15) is 0 Å². The molecule has 0 bridgehead atoms. The summed E-state index contributed by atoms with van der Waals surface area (Å²) >= 11 is 0. The van der Waals surface area contributed by atoms with Gasteiger partial charge in [0, 0.05) is 6.54 Å². The molecule has 0 heterocycles. The Morgan fingerprint density at radius 2 is 2.43 bits per heavy atom. The molecule has 0 saturated heterocycles. The van der Waals surface area contributed by atoms with Crippen LogP contribution in [0.4, 0.5) is 0 Å². The van der Waals surface area contributed by atoms with E-state index in [1.807, 2.05) is 0 Å². The van der Waals surface area contributed by atoms with E-state index in [-0.39, 0.29) is 13.2 Å². The summed E-state index contributed by atoms with van der Waals surface area (Å²) in [5, 5.41) is 10.7. The molecule has 4 nitrogen and oxygen atoms in total. The molecule has 0 spiro atoms. The number of hydrogen-bond donors (Lipinski definition) is 2. The molecule has 0 rings (SSSR count). The zero-order valence-corrected chi connectivity index (χ0v) is 3.87. The smallest absolute Gasteiger partial charge is 0.127 e. The fourth-order valence-corrected chi connectivity index (χ4v) is 0.151. The maximum Gasteiger partial charge on any atom is 0.127 e. The minimum atomic E-state index is -0.611. The van der Waals surface area contributed by atoms with E-state index < -0.39 is 6.04 Å². The van der Waals surface area contributed by atoms with Crippen LogP contribution in [-0.2, 0) is 0 Å². The van der Waals surface area contributed by atoms with E-state index in [0.29, 0.717) is 0 Å². The first-order valence-corrected chi connectivity index (χ1v) is 1.98. The molecule has 0 aliphatic rings. The summed E-state index contributed by atoms with van der Waals surface area (Å²) < 4.78 is 0. The largest absolute Gasteiger partial charge is 0.394 e.